The maximum absolute atomic E-state index is 11.7. The Morgan fingerprint density at radius 3 is 2.68 bits per heavy atom. The molecule has 100 valence electrons. The molecule has 0 saturated carbocycles. The number of anilines is 1. The summed E-state index contributed by atoms with van der Waals surface area (Å²) in [6.45, 7) is 0.632. The third-order valence-electron chi connectivity index (χ3n) is 2.62. The van der Waals surface area contributed by atoms with Gasteiger partial charge in [0.1, 0.15) is 18.1 Å². The Hall–Kier alpha value is -2.50. The van der Waals surface area contributed by atoms with E-state index in [4.69, 9.17) is 10.5 Å². The Balaban J connectivity index is 1.82. The van der Waals surface area contributed by atoms with E-state index >= 15 is 0 Å². The Bertz CT molecular complexity index is 548. The highest BCUT2D eigenvalue weighted by molar-refractivity contribution is 5.75. The van der Waals surface area contributed by atoms with E-state index in [2.05, 4.69) is 10.4 Å². The second-order valence-corrected chi connectivity index (χ2v) is 4.06. The molecule has 0 radical (unpaired) electrons. The second-order valence-electron chi connectivity index (χ2n) is 4.06. The molecule has 0 bridgehead atoms. The molecule has 6 nitrogen and oxygen atoms in total. The van der Waals surface area contributed by atoms with Crippen LogP contribution in [0.1, 0.15) is 5.56 Å². The first-order valence-electron chi connectivity index (χ1n) is 5.86. The van der Waals surface area contributed by atoms with E-state index in [1.54, 1.807) is 19.4 Å². The first kappa shape index (κ1) is 12.9. The van der Waals surface area contributed by atoms with Gasteiger partial charge < -0.3 is 15.8 Å². The number of nitrogens with one attached hydrogen (secondary N) is 1. The van der Waals surface area contributed by atoms with Crippen molar-refractivity contribution in [1.82, 2.24) is 15.1 Å². The number of carbonyl (C=O) groups excluding carboxylic acids is 1. The molecule has 3 N–H and O–H groups in total. The number of methoxy groups -OCH3 is 1. The summed E-state index contributed by atoms with van der Waals surface area (Å²) in [6.07, 6.45) is 1.67. The highest BCUT2D eigenvalue weighted by atomic mass is 16.5. The topological polar surface area (TPSA) is 82.2 Å². The third kappa shape index (κ3) is 3.74. The van der Waals surface area contributed by atoms with Crippen molar-refractivity contribution in [2.24, 2.45) is 0 Å². The van der Waals surface area contributed by atoms with E-state index in [9.17, 15) is 4.79 Å². The lowest BCUT2D eigenvalue weighted by Gasteiger charge is -2.06. The van der Waals surface area contributed by atoms with Crippen LogP contribution in [0.15, 0.2) is 36.5 Å². The minimum absolute atomic E-state index is 0.112. The van der Waals surface area contributed by atoms with Crippen LogP contribution in [0.2, 0.25) is 0 Å². The molecule has 0 saturated heterocycles. The van der Waals surface area contributed by atoms with Gasteiger partial charge >= 0.3 is 0 Å². The van der Waals surface area contributed by atoms with Crippen LogP contribution in [0, 0.1) is 0 Å². The lowest BCUT2D eigenvalue weighted by molar-refractivity contribution is -0.122. The van der Waals surface area contributed by atoms with Gasteiger partial charge in [-0.15, -0.1) is 0 Å². The van der Waals surface area contributed by atoms with Gasteiger partial charge in [-0.25, -0.2) is 0 Å². The summed E-state index contributed by atoms with van der Waals surface area (Å²) in [5.41, 5.74) is 6.48. The van der Waals surface area contributed by atoms with E-state index < -0.39 is 0 Å². The Morgan fingerprint density at radius 1 is 1.37 bits per heavy atom. The Morgan fingerprint density at radius 2 is 2.11 bits per heavy atom. The predicted molar refractivity (Wildman–Crippen MR) is 71.5 cm³/mol. The fourth-order valence-electron chi connectivity index (χ4n) is 1.61. The molecule has 2 rings (SSSR count). The van der Waals surface area contributed by atoms with Gasteiger partial charge in [-0.1, -0.05) is 12.1 Å². The minimum Gasteiger partial charge on any atom is -0.497 e. The van der Waals surface area contributed by atoms with Crippen molar-refractivity contribution in [3.05, 3.63) is 42.1 Å². The summed E-state index contributed by atoms with van der Waals surface area (Å²) in [5, 5.41) is 6.76. The van der Waals surface area contributed by atoms with Crippen molar-refractivity contribution in [2.45, 2.75) is 13.1 Å². The highest BCUT2D eigenvalue weighted by Gasteiger charge is 2.03. The molecule has 0 aliphatic rings. The number of carbonyl (C=O) groups is 1. The molecule has 1 amide bonds. The molecule has 0 atom stereocenters. The summed E-state index contributed by atoms with van der Waals surface area (Å²) >= 11 is 0. The van der Waals surface area contributed by atoms with Crippen LogP contribution >= 0.6 is 0 Å². The Kier molecular flexibility index (Phi) is 4.02. The molecular weight excluding hydrogens is 244 g/mol. The standard InChI is InChI=1S/C13H16N4O2/c1-19-11-4-2-10(3-5-11)8-15-13(18)9-17-7-6-12(14)16-17/h2-7H,8-9H2,1H3,(H2,14,16)(H,15,18). The van der Waals surface area contributed by atoms with Crippen LogP contribution in [0.25, 0.3) is 0 Å². The zero-order valence-electron chi connectivity index (χ0n) is 10.7. The molecule has 19 heavy (non-hydrogen) atoms. The Labute approximate surface area is 111 Å². The summed E-state index contributed by atoms with van der Waals surface area (Å²) in [7, 11) is 1.62. The molecule has 1 aromatic carbocycles. The van der Waals surface area contributed by atoms with Gasteiger partial charge in [-0.2, -0.15) is 5.10 Å². The van der Waals surface area contributed by atoms with Gasteiger partial charge in [-0.3, -0.25) is 9.48 Å². The van der Waals surface area contributed by atoms with E-state index in [0.717, 1.165) is 11.3 Å². The number of rotatable bonds is 5. The summed E-state index contributed by atoms with van der Waals surface area (Å²) < 4.78 is 6.56. The minimum atomic E-state index is -0.112. The zero-order valence-corrected chi connectivity index (χ0v) is 10.7. The predicted octanol–water partition coefficient (Wildman–Crippen LogP) is 0.790. The summed E-state index contributed by atoms with van der Waals surface area (Å²) in [5.74, 6) is 1.09. The van der Waals surface area contributed by atoms with Crippen LogP contribution in [0.5, 0.6) is 5.75 Å². The lowest BCUT2D eigenvalue weighted by Crippen LogP contribution is -2.27. The number of amides is 1. The average Bonchev–Trinajstić information content (AvgIpc) is 2.82. The van der Waals surface area contributed by atoms with E-state index in [1.807, 2.05) is 24.3 Å². The zero-order chi connectivity index (χ0) is 13.7. The van der Waals surface area contributed by atoms with Gasteiger partial charge in [0.15, 0.2) is 0 Å². The van der Waals surface area contributed by atoms with Crippen molar-refractivity contribution < 1.29 is 9.53 Å². The normalized spacial score (nSPS) is 10.2. The van der Waals surface area contributed by atoms with Gasteiger partial charge in [0.2, 0.25) is 5.91 Å². The number of ether oxygens (including phenoxy) is 1. The smallest absolute Gasteiger partial charge is 0.241 e. The van der Waals surface area contributed by atoms with Crippen molar-refractivity contribution in [3.8, 4) is 5.75 Å². The SMILES string of the molecule is COc1ccc(CNC(=O)Cn2ccc(N)n2)cc1. The molecule has 6 heteroatoms. The largest absolute Gasteiger partial charge is 0.497 e. The van der Waals surface area contributed by atoms with Crippen LogP contribution in [-0.2, 0) is 17.9 Å². The molecule has 0 spiro atoms. The number of benzene rings is 1. The van der Waals surface area contributed by atoms with Crippen LogP contribution in [0.3, 0.4) is 0 Å². The van der Waals surface area contributed by atoms with Crippen LogP contribution in [0.4, 0.5) is 5.82 Å². The van der Waals surface area contributed by atoms with Gasteiger partial charge in [-0.05, 0) is 23.8 Å². The molecule has 2 aromatic rings. The maximum atomic E-state index is 11.7. The molecule has 1 aromatic heterocycles. The number of hydrogen-bond donors (Lipinski definition) is 2. The number of nitrogen functional groups attached to an aromatic ring is 1. The fourth-order valence-corrected chi connectivity index (χ4v) is 1.61. The van der Waals surface area contributed by atoms with E-state index in [1.165, 1.54) is 4.68 Å². The number of hydrogen-bond acceptors (Lipinski definition) is 4. The first-order chi connectivity index (χ1) is 9.17. The third-order valence-corrected chi connectivity index (χ3v) is 2.62. The van der Waals surface area contributed by atoms with Crippen LogP contribution < -0.4 is 15.8 Å². The molecule has 0 aliphatic heterocycles. The molecular formula is C13H16N4O2. The van der Waals surface area contributed by atoms with Crippen LogP contribution in [-0.4, -0.2) is 22.8 Å². The average molecular weight is 260 g/mol. The number of aromatic nitrogens is 2. The monoisotopic (exact) mass is 260 g/mol. The maximum Gasteiger partial charge on any atom is 0.241 e. The van der Waals surface area contributed by atoms with Crippen molar-refractivity contribution in [1.29, 1.82) is 0 Å². The lowest BCUT2D eigenvalue weighted by atomic mass is 10.2. The van der Waals surface area contributed by atoms with Crippen molar-refractivity contribution in [2.75, 3.05) is 12.8 Å². The molecule has 0 fully saturated rings. The first-order valence-corrected chi connectivity index (χ1v) is 5.86. The number of nitrogens with two attached hydrogens (primary N) is 1. The summed E-state index contributed by atoms with van der Waals surface area (Å²) in [6, 6.07) is 9.18. The number of nitrogens with zero attached hydrogens (tertiary/aromatic N) is 2. The molecule has 0 aliphatic carbocycles. The molecule has 0 unspecified atom stereocenters. The summed E-state index contributed by atoms with van der Waals surface area (Å²) in [4.78, 5) is 11.7. The second kappa shape index (κ2) is 5.90. The van der Waals surface area contributed by atoms with E-state index in [0.29, 0.717) is 12.4 Å². The molecule has 1 heterocycles. The van der Waals surface area contributed by atoms with E-state index in [-0.39, 0.29) is 12.5 Å². The van der Waals surface area contributed by atoms with Gasteiger partial charge in [0.05, 0.1) is 7.11 Å². The van der Waals surface area contributed by atoms with Crippen molar-refractivity contribution in [3.63, 3.8) is 0 Å². The van der Waals surface area contributed by atoms with Crippen molar-refractivity contribution >= 4 is 11.7 Å². The quantitative estimate of drug-likeness (QED) is 0.832. The van der Waals surface area contributed by atoms with Gasteiger partial charge in [0, 0.05) is 12.7 Å². The fraction of sp³-hybridized carbons (Fsp3) is 0.231. The highest BCUT2D eigenvalue weighted by Crippen LogP contribution is 2.10. The van der Waals surface area contributed by atoms with Gasteiger partial charge in [0.25, 0.3) is 0 Å².